The number of carbonyl (C=O) groups is 2. The molecule has 2 aromatic carbocycles. The number of hydrogen-bond donors (Lipinski definition) is 0. The third kappa shape index (κ3) is 4.67. The normalized spacial score (nSPS) is 16.1. The van der Waals surface area contributed by atoms with E-state index in [1.54, 1.807) is 18.2 Å². The molecular weight excluding hydrogens is 522 g/mol. The third-order valence-electron chi connectivity index (χ3n) is 7.23. The molecule has 0 saturated carbocycles. The van der Waals surface area contributed by atoms with Crippen LogP contribution in [-0.2, 0) is 14.6 Å². The van der Waals surface area contributed by atoms with Gasteiger partial charge in [0, 0.05) is 56.4 Å². The molecule has 1 fully saturated rings. The number of amides is 2. The van der Waals surface area contributed by atoms with Gasteiger partial charge in [-0.25, -0.2) is 13.2 Å². The van der Waals surface area contributed by atoms with Crippen molar-refractivity contribution in [2.24, 2.45) is 0 Å². The van der Waals surface area contributed by atoms with Gasteiger partial charge >= 0.3 is 5.63 Å². The third-order valence-corrected chi connectivity index (χ3v) is 9.03. The highest BCUT2D eigenvalue weighted by Crippen LogP contribution is 2.36. The Hall–Kier alpha value is -4.12. The summed E-state index contributed by atoms with van der Waals surface area (Å²) in [6, 6.07) is 11.7. The lowest BCUT2D eigenvalue weighted by Crippen LogP contribution is -2.51. The van der Waals surface area contributed by atoms with Crippen LogP contribution in [0.15, 0.2) is 61.5 Å². The van der Waals surface area contributed by atoms with Crippen LogP contribution in [0.5, 0.6) is 5.75 Å². The number of methoxy groups -OCH3 is 1. The molecule has 10 nitrogen and oxygen atoms in total. The van der Waals surface area contributed by atoms with Crippen molar-refractivity contribution < 1.29 is 27.2 Å². The highest BCUT2D eigenvalue weighted by atomic mass is 32.2. The Kier molecular flexibility index (Phi) is 6.94. The maximum Gasteiger partial charge on any atom is 0.349 e. The maximum absolute atomic E-state index is 13.2. The molecule has 3 aromatic rings. The molecular formula is C28H29N3O7S. The van der Waals surface area contributed by atoms with Crippen molar-refractivity contribution in [3.63, 3.8) is 0 Å². The van der Waals surface area contributed by atoms with E-state index in [0.717, 1.165) is 18.8 Å². The van der Waals surface area contributed by atoms with Crippen molar-refractivity contribution in [1.82, 2.24) is 9.80 Å². The topological polar surface area (TPSA) is 117 Å². The van der Waals surface area contributed by atoms with Gasteiger partial charge in [0.1, 0.15) is 21.8 Å². The van der Waals surface area contributed by atoms with Gasteiger partial charge in [-0.15, -0.1) is 0 Å². The van der Waals surface area contributed by atoms with E-state index in [1.807, 2.05) is 26.0 Å². The van der Waals surface area contributed by atoms with E-state index in [0.29, 0.717) is 22.3 Å². The van der Waals surface area contributed by atoms with Crippen molar-refractivity contribution in [3.8, 4) is 5.75 Å². The minimum absolute atomic E-state index is 0.0336. The lowest BCUT2D eigenvalue weighted by molar-refractivity contribution is -0.127. The molecule has 0 spiro atoms. The summed E-state index contributed by atoms with van der Waals surface area (Å²) < 4.78 is 36.7. The fourth-order valence-electron chi connectivity index (χ4n) is 4.98. The van der Waals surface area contributed by atoms with Crippen LogP contribution in [0.1, 0.15) is 29.8 Å². The summed E-state index contributed by atoms with van der Waals surface area (Å²) >= 11 is 0. The van der Waals surface area contributed by atoms with Crippen LogP contribution in [0.25, 0.3) is 17.0 Å². The minimum Gasteiger partial charge on any atom is -0.497 e. The molecule has 11 heteroatoms. The van der Waals surface area contributed by atoms with Crippen LogP contribution in [0.2, 0.25) is 0 Å². The van der Waals surface area contributed by atoms with Gasteiger partial charge in [-0.05, 0) is 61.9 Å². The first-order valence-electron chi connectivity index (χ1n) is 12.7. The highest BCUT2D eigenvalue weighted by molar-refractivity contribution is 7.96. The van der Waals surface area contributed by atoms with E-state index >= 15 is 0 Å². The van der Waals surface area contributed by atoms with Crippen LogP contribution < -0.4 is 15.3 Å². The molecule has 0 atom stereocenters. The Morgan fingerprint density at radius 1 is 0.949 bits per heavy atom. The van der Waals surface area contributed by atoms with Crippen LogP contribution in [0.3, 0.4) is 0 Å². The molecule has 3 heterocycles. The molecule has 0 radical (unpaired) electrons. The lowest BCUT2D eigenvalue weighted by atomic mass is 10.1. The van der Waals surface area contributed by atoms with Gasteiger partial charge in [0.15, 0.2) is 0 Å². The molecule has 5 rings (SSSR count). The molecule has 204 valence electrons. The van der Waals surface area contributed by atoms with Crippen LogP contribution >= 0.6 is 0 Å². The Balaban J connectivity index is 1.30. The Labute approximate surface area is 226 Å². The van der Waals surface area contributed by atoms with Crippen LogP contribution in [0.4, 0.5) is 5.69 Å². The number of sulfone groups is 1. The molecule has 0 N–H and O–H groups in total. The first kappa shape index (κ1) is 26.5. The number of nitrogens with zero attached hydrogens (tertiary/aromatic N) is 3. The zero-order chi connectivity index (χ0) is 27.9. The van der Waals surface area contributed by atoms with E-state index in [9.17, 15) is 22.8 Å². The summed E-state index contributed by atoms with van der Waals surface area (Å²) in [6.45, 7) is 6.25. The van der Waals surface area contributed by atoms with E-state index in [4.69, 9.17) is 9.15 Å². The standard InChI is InChI=1S/C28H29N3O7S/c1-4-29(5-2)20-8-6-18-14-22(28(34)38-23(18)16-20)26(32)30-10-12-31(13-11-30)27(33)25-15-19-7-9-21(37-3)17-24(19)39(25,35)36/h6-9,14-17H,4-5,10-13H2,1-3H3. The second-order valence-corrected chi connectivity index (χ2v) is 11.2. The fourth-order valence-corrected chi connectivity index (χ4v) is 6.57. The van der Waals surface area contributed by atoms with Crippen molar-refractivity contribution in [2.75, 3.05) is 51.3 Å². The zero-order valence-electron chi connectivity index (χ0n) is 22.0. The maximum atomic E-state index is 13.2. The predicted octanol–water partition coefficient (Wildman–Crippen LogP) is 2.76. The number of piperazine rings is 1. The summed E-state index contributed by atoms with van der Waals surface area (Å²) in [7, 11) is -2.55. The first-order chi connectivity index (χ1) is 18.7. The van der Waals surface area contributed by atoms with Gasteiger partial charge in [0.05, 0.1) is 12.0 Å². The molecule has 1 aromatic heterocycles. The van der Waals surface area contributed by atoms with Gasteiger partial charge in [-0.1, -0.05) is 0 Å². The van der Waals surface area contributed by atoms with E-state index < -0.39 is 27.3 Å². The van der Waals surface area contributed by atoms with Gasteiger partial charge < -0.3 is 23.9 Å². The molecule has 2 aliphatic rings. The van der Waals surface area contributed by atoms with E-state index in [2.05, 4.69) is 4.90 Å². The number of carbonyl (C=O) groups excluding carboxylic acids is 2. The summed E-state index contributed by atoms with van der Waals surface area (Å²) in [5.41, 5.74) is 0.958. The van der Waals surface area contributed by atoms with Crippen LogP contribution in [0, 0.1) is 0 Å². The van der Waals surface area contributed by atoms with E-state index in [1.165, 1.54) is 35.1 Å². The van der Waals surface area contributed by atoms with Gasteiger partial charge in [-0.2, -0.15) is 0 Å². The summed E-state index contributed by atoms with van der Waals surface area (Å²) in [4.78, 5) is 43.9. The number of rotatable bonds is 6. The van der Waals surface area contributed by atoms with Crippen molar-refractivity contribution >= 4 is 44.4 Å². The van der Waals surface area contributed by atoms with Gasteiger partial charge in [-0.3, -0.25) is 9.59 Å². The molecule has 2 amide bonds. The Bertz CT molecular complexity index is 1660. The SMILES string of the molecule is CCN(CC)c1ccc2cc(C(=O)N3CCN(C(=O)C4=Cc5ccc(OC)cc5S4(=O)=O)CC3)c(=O)oc2c1. The van der Waals surface area contributed by atoms with Gasteiger partial charge in [0.2, 0.25) is 9.84 Å². The van der Waals surface area contributed by atoms with Crippen molar-refractivity contribution in [2.45, 2.75) is 18.7 Å². The second kappa shape index (κ2) is 10.2. The number of fused-ring (bicyclic) bond motifs is 2. The second-order valence-electron chi connectivity index (χ2n) is 9.34. The quantitative estimate of drug-likeness (QED) is 0.430. The average Bonchev–Trinajstić information content (AvgIpc) is 3.22. The Morgan fingerprint density at radius 3 is 2.26 bits per heavy atom. The molecule has 1 saturated heterocycles. The molecule has 0 aliphatic carbocycles. The van der Waals surface area contributed by atoms with E-state index in [-0.39, 0.29) is 41.5 Å². The first-order valence-corrected chi connectivity index (χ1v) is 14.2. The molecule has 2 aliphatic heterocycles. The highest BCUT2D eigenvalue weighted by Gasteiger charge is 2.38. The average molecular weight is 552 g/mol. The van der Waals surface area contributed by atoms with Crippen molar-refractivity contribution in [1.29, 1.82) is 0 Å². The monoisotopic (exact) mass is 551 g/mol. The minimum atomic E-state index is -3.99. The number of anilines is 1. The van der Waals surface area contributed by atoms with Crippen molar-refractivity contribution in [3.05, 3.63) is 68.9 Å². The summed E-state index contributed by atoms with van der Waals surface area (Å²) in [5, 5.41) is 0.636. The number of benzene rings is 2. The molecule has 0 bridgehead atoms. The van der Waals surface area contributed by atoms with Crippen LogP contribution in [-0.4, -0.2) is 76.4 Å². The largest absolute Gasteiger partial charge is 0.497 e. The molecule has 0 unspecified atom stereocenters. The summed E-state index contributed by atoms with van der Waals surface area (Å²) in [6.07, 6.45) is 1.37. The smallest absolute Gasteiger partial charge is 0.349 e. The predicted molar refractivity (Wildman–Crippen MR) is 147 cm³/mol. The number of ether oxygens (including phenoxy) is 1. The zero-order valence-corrected chi connectivity index (χ0v) is 22.8. The fraction of sp³-hybridized carbons (Fsp3) is 0.321. The molecule has 39 heavy (non-hydrogen) atoms. The number of hydrogen-bond acceptors (Lipinski definition) is 8. The lowest BCUT2D eigenvalue weighted by Gasteiger charge is -2.34. The Morgan fingerprint density at radius 2 is 1.62 bits per heavy atom. The van der Waals surface area contributed by atoms with Gasteiger partial charge in [0.25, 0.3) is 11.8 Å². The summed E-state index contributed by atoms with van der Waals surface area (Å²) in [5.74, 6) is -0.724.